The summed E-state index contributed by atoms with van der Waals surface area (Å²) in [6, 6.07) is 1.90. The van der Waals surface area contributed by atoms with Crippen LogP contribution in [0.1, 0.15) is 17.3 Å². The second-order valence-electron chi connectivity index (χ2n) is 3.90. The van der Waals surface area contributed by atoms with Crippen LogP contribution in [0.15, 0.2) is 23.0 Å². The molecule has 2 N–H and O–H groups in total. The third-order valence-electron chi connectivity index (χ3n) is 2.40. The van der Waals surface area contributed by atoms with Gasteiger partial charge in [-0.15, -0.1) is 0 Å². The summed E-state index contributed by atoms with van der Waals surface area (Å²) in [5.74, 6) is 1.66. The lowest BCUT2D eigenvalue weighted by atomic mass is 10.3. The number of aliphatic hydroxyl groups excluding tert-OH is 1. The quantitative estimate of drug-likeness (QED) is 0.772. The number of hydrogen-bond acceptors (Lipinski definition) is 5. The Kier molecular flexibility index (Phi) is 3.89. The van der Waals surface area contributed by atoms with E-state index < -0.39 is 0 Å². The Balaban J connectivity index is 1.97. The summed E-state index contributed by atoms with van der Waals surface area (Å²) in [4.78, 5) is 9.24. The first-order valence-corrected chi connectivity index (χ1v) is 5.51. The molecule has 0 bridgehead atoms. The van der Waals surface area contributed by atoms with Crippen molar-refractivity contribution in [1.29, 1.82) is 0 Å². The lowest BCUT2D eigenvalue weighted by Crippen LogP contribution is -2.26. The molecule has 0 aliphatic rings. The molecule has 0 aliphatic carbocycles. The fourth-order valence-corrected chi connectivity index (χ4v) is 1.66. The van der Waals surface area contributed by atoms with Gasteiger partial charge in [-0.3, -0.25) is 4.90 Å². The number of H-pyrrole nitrogens is 1. The molecule has 2 rings (SSSR count). The van der Waals surface area contributed by atoms with Gasteiger partial charge in [0.05, 0.1) is 25.4 Å². The third-order valence-corrected chi connectivity index (χ3v) is 2.40. The number of aromatic amines is 1. The highest BCUT2D eigenvalue weighted by Crippen LogP contribution is 2.08. The number of rotatable bonds is 6. The topological polar surface area (TPSA) is 78.2 Å². The zero-order valence-corrected chi connectivity index (χ0v) is 9.76. The van der Waals surface area contributed by atoms with Crippen LogP contribution in [0.3, 0.4) is 0 Å². The van der Waals surface area contributed by atoms with Crippen molar-refractivity contribution in [3.8, 4) is 0 Å². The van der Waals surface area contributed by atoms with E-state index in [0.717, 1.165) is 17.3 Å². The highest BCUT2D eigenvalue weighted by molar-refractivity contribution is 5.03. The summed E-state index contributed by atoms with van der Waals surface area (Å²) in [6.45, 7) is 3.82. The predicted octanol–water partition coefficient (Wildman–Crippen LogP) is 0.701. The minimum Gasteiger partial charge on any atom is -0.395 e. The van der Waals surface area contributed by atoms with E-state index in [1.54, 1.807) is 12.4 Å². The van der Waals surface area contributed by atoms with Gasteiger partial charge >= 0.3 is 0 Å². The molecule has 2 aromatic rings. The zero-order valence-electron chi connectivity index (χ0n) is 9.76. The predicted molar refractivity (Wildman–Crippen MR) is 61.0 cm³/mol. The van der Waals surface area contributed by atoms with Gasteiger partial charge in [0.2, 0.25) is 0 Å². The average molecular weight is 236 g/mol. The van der Waals surface area contributed by atoms with Crippen LogP contribution >= 0.6 is 0 Å². The van der Waals surface area contributed by atoms with Crippen LogP contribution < -0.4 is 0 Å². The number of aryl methyl sites for hydroxylation is 1. The van der Waals surface area contributed by atoms with Gasteiger partial charge in [0.25, 0.3) is 0 Å². The van der Waals surface area contributed by atoms with E-state index in [-0.39, 0.29) is 6.61 Å². The van der Waals surface area contributed by atoms with Gasteiger partial charge in [-0.1, -0.05) is 5.16 Å². The van der Waals surface area contributed by atoms with Crippen molar-refractivity contribution in [1.82, 2.24) is 20.0 Å². The molecule has 2 heterocycles. The maximum atomic E-state index is 9.03. The molecule has 0 aliphatic heterocycles. The van der Waals surface area contributed by atoms with Gasteiger partial charge < -0.3 is 14.6 Å². The van der Waals surface area contributed by atoms with Gasteiger partial charge in [-0.25, -0.2) is 4.98 Å². The van der Waals surface area contributed by atoms with Crippen molar-refractivity contribution in [2.24, 2.45) is 0 Å². The maximum absolute atomic E-state index is 9.03. The smallest absolute Gasteiger partial charge is 0.150 e. The van der Waals surface area contributed by atoms with Crippen molar-refractivity contribution in [2.45, 2.75) is 20.0 Å². The summed E-state index contributed by atoms with van der Waals surface area (Å²) in [6.07, 6.45) is 3.50. The largest absolute Gasteiger partial charge is 0.395 e. The normalized spacial score (nSPS) is 11.2. The Labute approximate surface area is 99.3 Å². The molecular formula is C11H16N4O2. The second kappa shape index (κ2) is 5.60. The van der Waals surface area contributed by atoms with Gasteiger partial charge in [0.15, 0.2) is 5.76 Å². The van der Waals surface area contributed by atoms with Crippen molar-refractivity contribution >= 4 is 0 Å². The van der Waals surface area contributed by atoms with E-state index >= 15 is 0 Å². The summed E-state index contributed by atoms with van der Waals surface area (Å²) in [5.41, 5.74) is 0.863. The monoisotopic (exact) mass is 236 g/mol. The summed E-state index contributed by atoms with van der Waals surface area (Å²) in [7, 11) is 0. The van der Waals surface area contributed by atoms with Crippen LogP contribution in [-0.2, 0) is 13.1 Å². The van der Waals surface area contributed by atoms with Crippen LogP contribution in [0, 0.1) is 6.92 Å². The molecule has 0 unspecified atom stereocenters. The lowest BCUT2D eigenvalue weighted by molar-refractivity contribution is 0.167. The summed E-state index contributed by atoms with van der Waals surface area (Å²) >= 11 is 0. The van der Waals surface area contributed by atoms with Crippen LogP contribution in [0.2, 0.25) is 0 Å². The average Bonchev–Trinajstić information content (AvgIpc) is 2.91. The van der Waals surface area contributed by atoms with Gasteiger partial charge in [0.1, 0.15) is 5.82 Å². The second-order valence-corrected chi connectivity index (χ2v) is 3.90. The Bertz CT molecular complexity index is 438. The first-order chi connectivity index (χ1) is 8.28. The number of aliphatic hydroxyl groups is 1. The van der Waals surface area contributed by atoms with Gasteiger partial charge in [0, 0.05) is 25.0 Å². The molecule has 0 spiro atoms. The fourth-order valence-electron chi connectivity index (χ4n) is 1.66. The minimum atomic E-state index is 0.105. The van der Waals surface area contributed by atoms with Crippen molar-refractivity contribution in [3.05, 3.63) is 35.7 Å². The van der Waals surface area contributed by atoms with E-state index in [1.165, 1.54) is 0 Å². The molecule has 2 aromatic heterocycles. The van der Waals surface area contributed by atoms with Crippen LogP contribution in [0.4, 0.5) is 0 Å². The number of hydrogen-bond donors (Lipinski definition) is 2. The molecule has 0 fully saturated rings. The Hall–Kier alpha value is -1.66. The minimum absolute atomic E-state index is 0.105. The third kappa shape index (κ3) is 3.40. The van der Waals surface area contributed by atoms with Crippen LogP contribution in [-0.4, -0.2) is 38.3 Å². The fraction of sp³-hybridized carbons (Fsp3) is 0.455. The molecule has 6 nitrogen and oxygen atoms in total. The molecule has 0 saturated heterocycles. The number of nitrogens with one attached hydrogen (secondary N) is 1. The summed E-state index contributed by atoms with van der Waals surface area (Å²) in [5, 5.41) is 12.9. The first-order valence-electron chi connectivity index (χ1n) is 5.51. The Morgan fingerprint density at radius 3 is 2.94 bits per heavy atom. The van der Waals surface area contributed by atoms with Gasteiger partial charge in [-0.05, 0) is 6.92 Å². The molecule has 17 heavy (non-hydrogen) atoms. The molecule has 0 saturated carbocycles. The van der Waals surface area contributed by atoms with Crippen molar-refractivity contribution in [3.63, 3.8) is 0 Å². The zero-order chi connectivity index (χ0) is 12.1. The molecule has 0 atom stereocenters. The van der Waals surface area contributed by atoms with Gasteiger partial charge in [-0.2, -0.15) is 0 Å². The highest BCUT2D eigenvalue weighted by Gasteiger charge is 2.10. The number of aromatic nitrogens is 3. The SMILES string of the molecule is Cc1cc(CN(CCO)Cc2ncc[nH]2)on1. The van der Waals surface area contributed by atoms with Crippen molar-refractivity contribution in [2.75, 3.05) is 13.2 Å². The van der Waals surface area contributed by atoms with Crippen LogP contribution in [0.5, 0.6) is 0 Å². The van der Waals surface area contributed by atoms with E-state index in [2.05, 4.69) is 15.1 Å². The Morgan fingerprint density at radius 2 is 2.35 bits per heavy atom. The Morgan fingerprint density at radius 1 is 1.47 bits per heavy atom. The summed E-state index contributed by atoms with van der Waals surface area (Å²) < 4.78 is 5.16. The van der Waals surface area contributed by atoms with E-state index in [1.807, 2.05) is 17.9 Å². The van der Waals surface area contributed by atoms with Crippen molar-refractivity contribution < 1.29 is 9.63 Å². The van der Waals surface area contributed by atoms with E-state index in [4.69, 9.17) is 9.63 Å². The number of nitrogens with zero attached hydrogens (tertiary/aromatic N) is 3. The highest BCUT2D eigenvalue weighted by atomic mass is 16.5. The molecule has 0 radical (unpaired) electrons. The molecule has 6 heteroatoms. The molecule has 0 amide bonds. The lowest BCUT2D eigenvalue weighted by Gasteiger charge is -2.18. The molecular weight excluding hydrogens is 220 g/mol. The van der Waals surface area contributed by atoms with Crippen LogP contribution in [0.25, 0.3) is 0 Å². The maximum Gasteiger partial charge on any atom is 0.150 e. The number of imidazole rings is 1. The standard InChI is InChI=1S/C11H16N4O2/c1-9-6-10(17-14-9)7-15(4-5-16)8-11-12-2-3-13-11/h2-3,6,16H,4-5,7-8H2,1H3,(H,12,13). The van der Waals surface area contributed by atoms with E-state index in [9.17, 15) is 0 Å². The molecule has 92 valence electrons. The first kappa shape index (κ1) is 11.8. The molecule has 0 aromatic carbocycles. The van der Waals surface area contributed by atoms with E-state index in [0.29, 0.717) is 19.6 Å².